The summed E-state index contributed by atoms with van der Waals surface area (Å²) in [5, 5.41) is 17.2. The number of hydrogen-bond donors (Lipinski definition) is 1. The largest absolute Gasteiger partial charge is 0.385 e. The lowest BCUT2D eigenvalue weighted by Gasteiger charge is -2.41. The van der Waals surface area contributed by atoms with Gasteiger partial charge in [-0.1, -0.05) is 24.3 Å². The number of nitrogens with zero attached hydrogens (tertiary/aromatic N) is 4. The topological polar surface area (TPSA) is 88.3 Å². The number of amides is 1. The Labute approximate surface area is 180 Å². The van der Waals surface area contributed by atoms with Gasteiger partial charge in [0.15, 0.2) is 0 Å². The van der Waals surface area contributed by atoms with Crippen LogP contribution in [0.4, 0.5) is 0 Å². The highest BCUT2D eigenvalue weighted by Crippen LogP contribution is 2.48. The number of pyridine rings is 1. The number of aromatic nitrogens is 3. The molecule has 2 fully saturated rings. The molecule has 7 heteroatoms. The second kappa shape index (κ2) is 7.57. The molecule has 1 aliphatic carbocycles. The van der Waals surface area contributed by atoms with Gasteiger partial charge in [-0.3, -0.25) is 14.6 Å². The monoisotopic (exact) mass is 418 g/mol. The second-order valence-corrected chi connectivity index (χ2v) is 8.83. The number of aliphatic hydroxyl groups is 1. The Morgan fingerprint density at radius 2 is 2.03 bits per heavy atom. The third-order valence-electron chi connectivity index (χ3n) is 7.11. The summed E-state index contributed by atoms with van der Waals surface area (Å²) < 4.78 is 1.28. The maximum absolute atomic E-state index is 13.4. The molecular weight excluding hydrogens is 392 g/mol. The Hall–Kier alpha value is -3.06. The molecule has 1 saturated carbocycles. The predicted molar refractivity (Wildman–Crippen MR) is 116 cm³/mol. The van der Waals surface area contributed by atoms with E-state index in [0.29, 0.717) is 24.9 Å². The first-order chi connectivity index (χ1) is 15.0. The SMILES string of the molecule is C[C@@H](C(=O)N1C[C@H]2CCC[C@](O)(c3cccnc3)[C@@H]2C1)n1ncc2ccccc2c1=O. The van der Waals surface area contributed by atoms with Crippen molar-refractivity contribution in [2.45, 2.75) is 37.8 Å². The van der Waals surface area contributed by atoms with E-state index in [2.05, 4.69) is 10.1 Å². The van der Waals surface area contributed by atoms with Gasteiger partial charge in [-0.2, -0.15) is 5.10 Å². The van der Waals surface area contributed by atoms with E-state index in [9.17, 15) is 14.7 Å². The predicted octanol–water partition coefficient (Wildman–Crippen LogP) is 2.50. The Bertz CT molecular complexity index is 1180. The van der Waals surface area contributed by atoms with Gasteiger partial charge >= 0.3 is 0 Å². The molecule has 1 amide bonds. The molecular formula is C24H26N4O3. The van der Waals surface area contributed by atoms with E-state index < -0.39 is 11.6 Å². The summed E-state index contributed by atoms with van der Waals surface area (Å²) in [7, 11) is 0. The van der Waals surface area contributed by atoms with E-state index in [1.165, 1.54) is 4.68 Å². The zero-order valence-electron chi connectivity index (χ0n) is 17.5. The smallest absolute Gasteiger partial charge is 0.275 e. The first-order valence-corrected chi connectivity index (χ1v) is 10.9. The van der Waals surface area contributed by atoms with E-state index in [0.717, 1.165) is 23.8 Å². The van der Waals surface area contributed by atoms with E-state index in [1.807, 2.05) is 30.3 Å². The van der Waals surface area contributed by atoms with Gasteiger partial charge in [0.25, 0.3) is 5.56 Å². The molecule has 7 nitrogen and oxygen atoms in total. The van der Waals surface area contributed by atoms with Crippen LogP contribution in [0, 0.1) is 11.8 Å². The Kier molecular flexibility index (Phi) is 4.85. The lowest BCUT2D eigenvalue weighted by atomic mass is 9.68. The molecule has 4 atom stereocenters. The molecule has 1 aliphatic heterocycles. The lowest BCUT2D eigenvalue weighted by Crippen LogP contribution is -2.43. The van der Waals surface area contributed by atoms with Crippen LogP contribution in [-0.4, -0.2) is 43.8 Å². The van der Waals surface area contributed by atoms with Crippen molar-refractivity contribution >= 4 is 16.7 Å². The normalized spacial score (nSPS) is 26.6. The number of hydrogen-bond acceptors (Lipinski definition) is 5. The van der Waals surface area contributed by atoms with Gasteiger partial charge in [0.05, 0.1) is 17.2 Å². The van der Waals surface area contributed by atoms with Crippen molar-refractivity contribution in [2.24, 2.45) is 11.8 Å². The first kappa shape index (κ1) is 19.9. The molecule has 0 spiro atoms. The molecule has 31 heavy (non-hydrogen) atoms. The molecule has 1 aromatic carbocycles. The molecule has 2 aliphatic rings. The van der Waals surface area contributed by atoms with Crippen LogP contribution in [0.25, 0.3) is 10.8 Å². The number of rotatable bonds is 3. The van der Waals surface area contributed by atoms with Crippen molar-refractivity contribution in [2.75, 3.05) is 13.1 Å². The standard InChI is InChI=1S/C24H26N4O3/c1-16(28-23(30)20-9-3-2-6-17(20)12-26-28)22(29)27-14-18-7-4-10-24(31,21(18)15-27)19-8-5-11-25-13-19/h2-3,5-6,8-9,11-13,16,18,21,31H,4,7,10,14-15H2,1H3/t16-,18+,21+,24-/m0/s1. The zero-order valence-corrected chi connectivity index (χ0v) is 17.5. The number of carbonyl (C=O) groups excluding carboxylic acids is 1. The molecule has 2 aromatic heterocycles. The lowest BCUT2D eigenvalue weighted by molar-refractivity contribution is -0.134. The molecule has 1 N–H and O–H groups in total. The van der Waals surface area contributed by atoms with Gasteiger partial charge in [-0.25, -0.2) is 4.68 Å². The fraction of sp³-hybridized carbons (Fsp3) is 0.417. The summed E-state index contributed by atoms with van der Waals surface area (Å²) in [4.78, 5) is 32.3. The fourth-order valence-corrected chi connectivity index (χ4v) is 5.43. The van der Waals surface area contributed by atoms with E-state index in [4.69, 9.17) is 0 Å². The van der Waals surface area contributed by atoms with Gasteiger partial charge in [0.1, 0.15) is 6.04 Å². The van der Waals surface area contributed by atoms with Crippen LogP contribution >= 0.6 is 0 Å². The van der Waals surface area contributed by atoms with Crippen LogP contribution in [0.1, 0.15) is 37.8 Å². The maximum atomic E-state index is 13.4. The molecule has 0 unspecified atom stereocenters. The average Bonchev–Trinajstić information content (AvgIpc) is 3.25. The summed E-state index contributed by atoms with van der Waals surface area (Å²) in [6, 6.07) is 10.3. The van der Waals surface area contributed by atoms with Crippen LogP contribution < -0.4 is 5.56 Å². The number of likely N-dealkylation sites (tertiary alicyclic amines) is 1. The Morgan fingerprint density at radius 3 is 2.84 bits per heavy atom. The minimum Gasteiger partial charge on any atom is -0.385 e. The van der Waals surface area contributed by atoms with Crippen LogP contribution in [0.3, 0.4) is 0 Å². The fourth-order valence-electron chi connectivity index (χ4n) is 5.43. The summed E-state index contributed by atoms with van der Waals surface area (Å²) in [5.74, 6) is 0.0621. The average molecular weight is 418 g/mol. The van der Waals surface area contributed by atoms with Crippen molar-refractivity contribution in [3.63, 3.8) is 0 Å². The molecule has 1 saturated heterocycles. The van der Waals surface area contributed by atoms with Gasteiger partial charge in [0.2, 0.25) is 5.91 Å². The van der Waals surface area contributed by atoms with Crippen molar-refractivity contribution < 1.29 is 9.90 Å². The van der Waals surface area contributed by atoms with Crippen molar-refractivity contribution in [1.29, 1.82) is 0 Å². The molecule has 3 heterocycles. The highest BCUT2D eigenvalue weighted by molar-refractivity contribution is 5.82. The molecule has 5 rings (SSSR count). The minimum atomic E-state index is -0.979. The van der Waals surface area contributed by atoms with Crippen LogP contribution in [0.2, 0.25) is 0 Å². The molecule has 160 valence electrons. The minimum absolute atomic E-state index is 0.0390. The van der Waals surface area contributed by atoms with Crippen LogP contribution in [0.15, 0.2) is 59.8 Å². The summed E-state index contributed by atoms with van der Waals surface area (Å²) in [6.45, 7) is 2.79. The van der Waals surface area contributed by atoms with E-state index in [1.54, 1.807) is 36.5 Å². The van der Waals surface area contributed by atoms with E-state index in [-0.39, 0.29) is 23.3 Å². The van der Waals surface area contributed by atoms with Crippen molar-refractivity contribution in [1.82, 2.24) is 19.7 Å². The molecule has 3 aromatic rings. The number of carbonyl (C=O) groups is 1. The van der Waals surface area contributed by atoms with E-state index >= 15 is 0 Å². The summed E-state index contributed by atoms with van der Waals surface area (Å²) >= 11 is 0. The quantitative estimate of drug-likeness (QED) is 0.706. The maximum Gasteiger partial charge on any atom is 0.275 e. The van der Waals surface area contributed by atoms with Gasteiger partial charge in [-0.15, -0.1) is 0 Å². The first-order valence-electron chi connectivity index (χ1n) is 10.9. The zero-order chi connectivity index (χ0) is 21.6. The van der Waals surface area contributed by atoms with Crippen molar-refractivity contribution in [3.8, 4) is 0 Å². The van der Waals surface area contributed by atoms with Crippen LogP contribution in [0.5, 0.6) is 0 Å². The van der Waals surface area contributed by atoms with Crippen LogP contribution in [-0.2, 0) is 10.4 Å². The molecule has 0 bridgehead atoms. The highest BCUT2D eigenvalue weighted by Gasteiger charge is 2.51. The Morgan fingerprint density at radius 1 is 1.19 bits per heavy atom. The third kappa shape index (κ3) is 3.24. The number of fused-ring (bicyclic) bond motifs is 2. The Balaban J connectivity index is 1.41. The highest BCUT2D eigenvalue weighted by atomic mass is 16.3. The third-order valence-corrected chi connectivity index (χ3v) is 7.11. The summed E-state index contributed by atoms with van der Waals surface area (Å²) in [5.41, 5.74) is -0.421. The molecule has 0 radical (unpaired) electrons. The van der Waals surface area contributed by atoms with Gasteiger partial charge in [0, 0.05) is 42.4 Å². The van der Waals surface area contributed by atoms with Gasteiger partial charge in [-0.05, 0) is 44.2 Å². The van der Waals surface area contributed by atoms with Gasteiger partial charge < -0.3 is 10.0 Å². The van der Waals surface area contributed by atoms with Crippen molar-refractivity contribution in [3.05, 3.63) is 70.9 Å². The number of benzene rings is 1. The summed E-state index contributed by atoms with van der Waals surface area (Å²) in [6.07, 6.45) is 7.63. The second-order valence-electron chi connectivity index (χ2n) is 8.83.